The van der Waals surface area contributed by atoms with Gasteiger partial charge >= 0.3 is 6.18 Å². The minimum absolute atomic E-state index is 0.112. The fourth-order valence-electron chi connectivity index (χ4n) is 3.17. The van der Waals surface area contributed by atoms with Gasteiger partial charge < -0.3 is 10.1 Å². The number of halogens is 3. The number of carbonyl (C=O) groups excluding carboxylic acids is 1. The second-order valence-electron chi connectivity index (χ2n) is 7.59. The van der Waals surface area contributed by atoms with Crippen molar-refractivity contribution in [1.82, 2.24) is 20.0 Å². The highest BCUT2D eigenvalue weighted by molar-refractivity contribution is 6.04. The average Bonchev–Trinajstić information content (AvgIpc) is 3.07. The molecule has 2 heterocycles. The number of carbonyl (C=O) groups is 1. The van der Waals surface area contributed by atoms with Crippen molar-refractivity contribution in [2.45, 2.75) is 26.9 Å². The van der Waals surface area contributed by atoms with Crippen LogP contribution in [-0.2, 0) is 6.18 Å². The van der Waals surface area contributed by atoms with Crippen molar-refractivity contribution in [2.24, 2.45) is 0 Å². The topological polar surface area (TPSA) is 81.9 Å². The number of aromatic nitrogens is 4. The third kappa shape index (κ3) is 4.90. The van der Waals surface area contributed by atoms with Gasteiger partial charge in [-0.25, -0.2) is 4.68 Å². The highest BCUT2D eigenvalue weighted by atomic mass is 19.4. The Labute approximate surface area is 193 Å². The Bertz CT molecular complexity index is 1310. The van der Waals surface area contributed by atoms with E-state index in [2.05, 4.69) is 20.6 Å². The molecule has 0 saturated heterocycles. The third-order valence-electron chi connectivity index (χ3n) is 5.31. The first-order valence-corrected chi connectivity index (χ1v) is 10.3. The van der Waals surface area contributed by atoms with Crippen molar-refractivity contribution < 1.29 is 22.7 Å². The van der Waals surface area contributed by atoms with Crippen LogP contribution in [0.15, 0.2) is 60.7 Å². The van der Waals surface area contributed by atoms with Crippen molar-refractivity contribution in [3.8, 4) is 17.4 Å². The summed E-state index contributed by atoms with van der Waals surface area (Å²) in [4.78, 5) is 12.3. The summed E-state index contributed by atoms with van der Waals surface area (Å²) in [5, 5.41) is 15.3. The van der Waals surface area contributed by atoms with E-state index in [0.717, 1.165) is 41.2 Å². The number of nitrogens with zero attached hydrogens (tertiary/aromatic N) is 4. The van der Waals surface area contributed by atoms with Crippen molar-refractivity contribution in [3.05, 3.63) is 88.7 Å². The molecule has 0 atom stereocenters. The summed E-state index contributed by atoms with van der Waals surface area (Å²) in [6, 6.07) is 13.9. The zero-order valence-corrected chi connectivity index (χ0v) is 18.5. The normalized spacial score (nSPS) is 11.4. The van der Waals surface area contributed by atoms with Crippen LogP contribution >= 0.6 is 0 Å². The van der Waals surface area contributed by atoms with E-state index in [9.17, 15) is 18.0 Å². The molecule has 2 aromatic carbocycles. The summed E-state index contributed by atoms with van der Waals surface area (Å²) in [6.07, 6.45) is -4.45. The number of nitrogens with one attached hydrogen (secondary N) is 1. The number of amides is 1. The molecular formula is C24H20F3N5O2. The zero-order valence-electron chi connectivity index (χ0n) is 18.5. The van der Waals surface area contributed by atoms with Gasteiger partial charge in [0.1, 0.15) is 5.75 Å². The van der Waals surface area contributed by atoms with Crippen LogP contribution in [0.3, 0.4) is 0 Å². The number of aryl methyl sites for hydroxylation is 1. The van der Waals surface area contributed by atoms with E-state index in [1.807, 2.05) is 20.8 Å². The van der Waals surface area contributed by atoms with Gasteiger partial charge in [0.15, 0.2) is 5.82 Å². The van der Waals surface area contributed by atoms with Gasteiger partial charge in [-0.2, -0.15) is 18.3 Å². The summed E-state index contributed by atoms with van der Waals surface area (Å²) < 4.78 is 45.4. The second kappa shape index (κ2) is 8.97. The van der Waals surface area contributed by atoms with Crippen molar-refractivity contribution in [2.75, 3.05) is 5.32 Å². The number of hydrogen-bond acceptors (Lipinski definition) is 5. The molecule has 0 aliphatic carbocycles. The lowest BCUT2D eigenvalue weighted by Gasteiger charge is -2.09. The highest BCUT2D eigenvalue weighted by Gasteiger charge is 2.30. The molecule has 4 aromatic rings. The van der Waals surface area contributed by atoms with E-state index >= 15 is 0 Å². The number of hydrogen-bond donors (Lipinski definition) is 1. The predicted molar refractivity (Wildman–Crippen MR) is 119 cm³/mol. The van der Waals surface area contributed by atoms with Crippen LogP contribution in [0.5, 0.6) is 11.6 Å². The van der Waals surface area contributed by atoms with Gasteiger partial charge in [0.2, 0.25) is 5.88 Å². The Hall–Kier alpha value is -4.21. The highest BCUT2D eigenvalue weighted by Crippen LogP contribution is 2.29. The quantitative estimate of drug-likeness (QED) is 0.410. The van der Waals surface area contributed by atoms with Gasteiger partial charge in [-0.05, 0) is 80.9 Å². The van der Waals surface area contributed by atoms with Crippen molar-refractivity contribution >= 4 is 11.6 Å². The lowest BCUT2D eigenvalue weighted by Crippen LogP contribution is -2.12. The molecule has 10 heteroatoms. The molecule has 7 nitrogen and oxygen atoms in total. The van der Waals surface area contributed by atoms with Crippen LogP contribution in [0.1, 0.15) is 32.9 Å². The lowest BCUT2D eigenvalue weighted by molar-refractivity contribution is -0.137. The minimum atomic E-state index is -4.45. The molecule has 0 bridgehead atoms. The standard InChI is InChI=1S/C24H20F3N5O2/c1-14-15(2)31-32(16(14)3)21-12-13-22(30-29-21)34-20-10-8-19(9-11-20)28-23(33)17-4-6-18(7-5-17)24(25,26)27/h4-13H,1-3H3,(H,28,33). The van der Waals surface area contributed by atoms with Crippen LogP contribution in [0.4, 0.5) is 18.9 Å². The summed E-state index contributed by atoms with van der Waals surface area (Å²) in [6.45, 7) is 5.88. The Morgan fingerprint density at radius 1 is 0.912 bits per heavy atom. The number of rotatable bonds is 5. The maximum absolute atomic E-state index is 12.7. The number of benzene rings is 2. The van der Waals surface area contributed by atoms with Crippen LogP contribution in [0, 0.1) is 20.8 Å². The fraction of sp³-hybridized carbons (Fsp3) is 0.167. The van der Waals surface area contributed by atoms with Gasteiger partial charge in [0.05, 0.1) is 11.3 Å². The molecule has 0 unspecified atom stereocenters. The first-order valence-electron chi connectivity index (χ1n) is 10.3. The third-order valence-corrected chi connectivity index (χ3v) is 5.31. The Balaban J connectivity index is 1.39. The molecule has 174 valence electrons. The van der Waals surface area contributed by atoms with Crippen LogP contribution in [0.2, 0.25) is 0 Å². The summed E-state index contributed by atoms with van der Waals surface area (Å²) in [5.41, 5.74) is 2.75. The predicted octanol–water partition coefficient (Wildman–Crippen LogP) is 5.65. The molecule has 0 radical (unpaired) electrons. The monoisotopic (exact) mass is 467 g/mol. The summed E-state index contributed by atoms with van der Waals surface area (Å²) in [7, 11) is 0. The maximum atomic E-state index is 12.7. The number of alkyl halides is 3. The Morgan fingerprint density at radius 2 is 1.59 bits per heavy atom. The van der Waals surface area contributed by atoms with Crippen LogP contribution in [0.25, 0.3) is 5.82 Å². The average molecular weight is 467 g/mol. The molecule has 1 N–H and O–H groups in total. The molecule has 0 spiro atoms. The molecule has 0 aliphatic rings. The fourth-order valence-corrected chi connectivity index (χ4v) is 3.17. The lowest BCUT2D eigenvalue weighted by atomic mass is 10.1. The first-order chi connectivity index (χ1) is 16.1. The second-order valence-corrected chi connectivity index (χ2v) is 7.59. The molecule has 0 aliphatic heterocycles. The van der Waals surface area contributed by atoms with Crippen molar-refractivity contribution in [1.29, 1.82) is 0 Å². The Kier molecular flexibility index (Phi) is 6.06. The van der Waals surface area contributed by atoms with Gasteiger partial charge in [-0.1, -0.05) is 0 Å². The van der Waals surface area contributed by atoms with Gasteiger partial charge in [0, 0.05) is 23.0 Å². The van der Waals surface area contributed by atoms with E-state index in [4.69, 9.17) is 4.74 Å². The number of anilines is 1. The van der Waals surface area contributed by atoms with Crippen molar-refractivity contribution in [3.63, 3.8) is 0 Å². The van der Waals surface area contributed by atoms with E-state index in [-0.39, 0.29) is 11.4 Å². The largest absolute Gasteiger partial charge is 0.438 e. The molecule has 34 heavy (non-hydrogen) atoms. The molecule has 2 aromatic heterocycles. The minimum Gasteiger partial charge on any atom is -0.438 e. The maximum Gasteiger partial charge on any atom is 0.416 e. The van der Waals surface area contributed by atoms with Crippen LogP contribution < -0.4 is 10.1 Å². The smallest absolute Gasteiger partial charge is 0.416 e. The van der Waals surface area contributed by atoms with E-state index in [1.165, 1.54) is 0 Å². The van der Waals surface area contributed by atoms with Gasteiger partial charge in [0.25, 0.3) is 5.91 Å². The molecule has 1 amide bonds. The van der Waals surface area contributed by atoms with Gasteiger partial charge in [-0.3, -0.25) is 4.79 Å². The van der Waals surface area contributed by atoms with Gasteiger partial charge in [-0.15, -0.1) is 10.2 Å². The number of ether oxygens (including phenoxy) is 1. The van der Waals surface area contributed by atoms with Crippen LogP contribution in [-0.4, -0.2) is 25.9 Å². The zero-order chi connectivity index (χ0) is 24.5. The Morgan fingerprint density at radius 3 is 2.12 bits per heavy atom. The molecule has 0 fully saturated rings. The van der Waals surface area contributed by atoms with E-state index in [0.29, 0.717) is 17.3 Å². The molecule has 4 rings (SSSR count). The molecular weight excluding hydrogens is 447 g/mol. The molecule has 0 saturated carbocycles. The summed E-state index contributed by atoms with van der Waals surface area (Å²) in [5.74, 6) is 0.797. The SMILES string of the molecule is Cc1nn(-c2ccc(Oc3ccc(NC(=O)c4ccc(C(F)(F)F)cc4)cc3)nn2)c(C)c1C. The first kappa shape index (κ1) is 23.0. The van der Waals surface area contributed by atoms with E-state index < -0.39 is 17.6 Å². The summed E-state index contributed by atoms with van der Waals surface area (Å²) >= 11 is 0. The van der Waals surface area contributed by atoms with E-state index in [1.54, 1.807) is 41.1 Å².